The predicted octanol–water partition coefficient (Wildman–Crippen LogP) is 3.28. The smallest absolute Gasteiger partial charge is 0.337 e. The van der Waals surface area contributed by atoms with Gasteiger partial charge in [0.1, 0.15) is 0 Å². The van der Waals surface area contributed by atoms with Crippen LogP contribution in [-0.2, 0) is 10.3 Å². The highest BCUT2D eigenvalue weighted by atomic mass is 16.5. The van der Waals surface area contributed by atoms with Crippen molar-refractivity contribution in [2.75, 3.05) is 7.11 Å². The summed E-state index contributed by atoms with van der Waals surface area (Å²) < 4.78 is 4.66. The van der Waals surface area contributed by atoms with Crippen molar-refractivity contribution >= 4 is 11.9 Å². The molecule has 1 N–H and O–H groups in total. The zero-order valence-corrected chi connectivity index (χ0v) is 13.0. The van der Waals surface area contributed by atoms with E-state index in [2.05, 4.69) is 22.2 Å². The number of hydrogen-bond acceptors (Lipinski definition) is 3. The summed E-state index contributed by atoms with van der Waals surface area (Å²) in [5.41, 5.74) is 1.86. The average molecular weight is 309 g/mol. The molecule has 1 fully saturated rings. The maximum Gasteiger partial charge on any atom is 0.337 e. The molecule has 1 saturated carbocycles. The molecule has 0 atom stereocenters. The molecule has 118 valence electrons. The molecule has 0 unspecified atom stereocenters. The Bertz CT molecular complexity index is 703. The van der Waals surface area contributed by atoms with E-state index in [9.17, 15) is 9.59 Å². The molecule has 0 bridgehead atoms. The van der Waals surface area contributed by atoms with Crippen molar-refractivity contribution in [1.29, 1.82) is 0 Å². The number of esters is 1. The maximum absolute atomic E-state index is 12.5. The van der Waals surface area contributed by atoms with E-state index in [0.717, 1.165) is 24.8 Å². The third kappa shape index (κ3) is 2.97. The summed E-state index contributed by atoms with van der Waals surface area (Å²) in [7, 11) is 1.34. The average Bonchev–Trinajstić information content (AvgIpc) is 2.58. The summed E-state index contributed by atoms with van der Waals surface area (Å²) in [5.74, 6) is -0.526. The first-order valence-corrected chi connectivity index (χ1v) is 7.71. The van der Waals surface area contributed by atoms with Crippen molar-refractivity contribution in [2.45, 2.75) is 24.8 Å². The second kappa shape index (κ2) is 6.24. The first kappa shape index (κ1) is 15.3. The van der Waals surface area contributed by atoms with E-state index < -0.39 is 5.97 Å². The number of ether oxygens (including phenoxy) is 1. The van der Waals surface area contributed by atoms with E-state index in [1.165, 1.54) is 7.11 Å². The first-order chi connectivity index (χ1) is 11.1. The third-order valence-electron chi connectivity index (χ3n) is 4.45. The predicted molar refractivity (Wildman–Crippen MR) is 87.2 cm³/mol. The van der Waals surface area contributed by atoms with E-state index in [0.29, 0.717) is 11.1 Å². The molecule has 0 aromatic heterocycles. The molecule has 23 heavy (non-hydrogen) atoms. The summed E-state index contributed by atoms with van der Waals surface area (Å²) in [6, 6.07) is 16.6. The van der Waals surface area contributed by atoms with Gasteiger partial charge in [0.25, 0.3) is 5.91 Å². The summed E-state index contributed by atoms with van der Waals surface area (Å²) in [4.78, 5) is 24.0. The monoisotopic (exact) mass is 309 g/mol. The van der Waals surface area contributed by atoms with Gasteiger partial charge in [-0.05, 0) is 49.1 Å². The number of benzene rings is 2. The molecule has 1 aliphatic carbocycles. The van der Waals surface area contributed by atoms with Crippen LogP contribution in [0, 0.1) is 0 Å². The van der Waals surface area contributed by atoms with E-state index in [1.54, 1.807) is 24.3 Å². The number of methoxy groups -OCH3 is 1. The van der Waals surface area contributed by atoms with Gasteiger partial charge in [0.05, 0.1) is 18.2 Å². The van der Waals surface area contributed by atoms with Crippen LogP contribution < -0.4 is 5.32 Å². The molecule has 0 spiro atoms. The Labute approximate surface area is 135 Å². The van der Waals surface area contributed by atoms with Crippen LogP contribution in [0.5, 0.6) is 0 Å². The van der Waals surface area contributed by atoms with Gasteiger partial charge in [-0.25, -0.2) is 4.79 Å². The van der Waals surface area contributed by atoms with Gasteiger partial charge in [-0.1, -0.05) is 30.3 Å². The molecule has 0 heterocycles. The third-order valence-corrected chi connectivity index (χ3v) is 4.45. The Morgan fingerprint density at radius 1 is 0.957 bits per heavy atom. The maximum atomic E-state index is 12.5. The molecule has 4 nitrogen and oxygen atoms in total. The number of amides is 1. The highest BCUT2D eigenvalue weighted by Crippen LogP contribution is 2.41. The zero-order chi connectivity index (χ0) is 16.3. The normalized spacial score (nSPS) is 15.3. The van der Waals surface area contributed by atoms with Crippen molar-refractivity contribution in [3.63, 3.8) is 0 Å². The Kier molecular flexibility index (Phi) is 4.15. The van der Waals surface area contributed by atoms with Gasteiger partial charge in [-0.3, -0.25) is 4.79 Å². The van der Waals surface area contributed by atoms with Crippen LogP contribution in [0.15, 0.2) is 54.6 Å². The molecular weight excluding hydrogens is 290 g/mol. The molecular formula is C19H19NO3. The Morgan fingerprint density at radius 2 is 1.57 bits per heavy atom. The lowest BCUT2D eigenvalue weighted by molar-refractivity contribution is 0.0600. The summed E-state index contributed by atoms with van der Waals surface area (Å²) in [5, 5.41) is 3.17. The van der Waals surface area contributed by atoms with Gasteiger partial charge >= 0.3 is 5.97 Å². The Balaban J connectivity index is 1.77. The summed E-state index contributed by atoms with van der Waals surface area (Å²) in [6.07, 6.45) is 3.00. The largest absolute Gasteiger partial charge is 0.465 e. The molecule has 2 aromatic carbocycles. The van der Waals surface area contributed by atoms with E-state index in [-0.39, 0.29) is 11.4 Å². The summed E-state index contributed by atoms with van der Waals surface area (Å²) in [6.45, 7) is 0. The number of nitrogens with one attached hydrogen (secondary N) is 1. The van der Waals surface area contributed by atoms with Gasteiger partial charge < -0.3 is 10.1 Å². The van der Waals surface area contributed by atoms with Crippen molar-refractivity contribution in [1.82, 2.24) is 5.32 Å². The number of hydrogen-bond donors (Lipinski definition) is 1. The Morgan fingerprint density at radius 3 is 2.09 bits per heavy atom. The highest BCUT2D eigenvalue weighted by Gasteiger charge is 2.39. The molecule has 1 amide bonds. The van der Waals surface area contributed by atoms with Crippen LogP contribution in [0.4, 0.5) is 0 Å². The molecule has 2 aromatic rings. The van der Waals surface area contributed by atoms with E-state index in [1.807, 2.05) is 18.2 Å². The quantitative estimate of drug-likeness (QED) is 0.882. The lowest BCUT2D eigenvalue weighted by Crippen LogP contribution is -2.50. The van der Waals surface area contributed by atoms with Crippen LogP contribution >= 0.6 is 0 Å². The van der Waals surface area contributed by atoms with E-state index >= 15 is 0 Å². The van der Waals surface area contributed by atoms with Crippen LogP contribution in [0.1, 0.15) is 45.5 Å². The van der Waals surface area contributed by atoms with Gasteiger partial charge in [0, 0.05) is 5.56 Å². The second-order valence-corrected chi connectivity index (χ2v) is 5.82. The molecule has 1 aliphatic rings. The second-order valence-electron chi connectivity index (χ2n) is 5.82. The highest BCUT2D eigenvalue weighted by molar-refractivity contribution is 5.96. The topological polar surface area (TPSA) is 55.4 Å². The molecule has 3 rings (SSSR count). The molecule has 0 saturated heterocycles. The van der Waals surface area contributed by atoms with Crippen LogP contribution in [0.25, 0.3) is 0 Å². The van der Waals surface area contributed by atoms with Crippen LogP contribution in [0.2, 0.25) is 0 Å². The minimum Gasteiger partial charge on any atom is -0.465 e. The van der Waals surface area contributed by atoms with Crippen molar-refractivity contribution in [3.8, 4) is 0 Å². The SMILES string of the molecule is COC(=O)c1ccc(C(=O)NC2(c3ccccc3)CCC2)cc1. The van der Waals surface area contributed by atoms with Gasteiger partial charge in [-0.15, -0.1) is 0 Å². The first-order valence-electron chi connectivity index (χ1n) is 7.71. The lowest BCUT2D eigenvalue weighted by Gasteiger charge is -2.43. The fourth-order valence-electron chi connectivity index (χ4n) is 2.94. The Hall–Kier alpha value is -2.62. The molecule has 0 aliphatic heterocycles. The van der Waals surface area contributed by atoms with Crippen LogP contribution in [0.3, 0.4) is 0 Å². The fraction of sp³-hybridized carbons (Fsp3) is 0.263. The minimum atomic E-state index is -0.406. The fourth-order valence-corrected chi connectivity index (χ4v) is 2.94. The lowest BCUT2D eigenvalue weighted by atomic mass is 9.71. The molecule has 4 heteroatoms. The van der Waals surface area contributed by atoms with Crippen LogP contribution in [-0.4, -0.2) is 19.0 Å². The van der Waals surface area contributed by atoms with Gasteiger partial charge in [0.2, 0.25) is 0 Å². The van der Waals surface area contributed by atoms with Crippen molar-refractivity contribution < 1.29 is 14.3 Å². The number of rotatable bonds is 4. The summed E-state index contributed by atoms with van der Waals surface area (Å²) >= 11 is 0. The van der Waals surface area contributed by atoms with Gasteiger partial charge in [0.15, 0.2) is 0 Å². The zero-order valence-electron chi connectivity index (χ0n) is 13.0. The standard InChI is InChI=1S/C19H19NO3/c1-23-18(22)15-10-8-14(9-11-15)17(21)20-19(12-5-13-19)16-6-3-2-4-7-16/h2-4,6-11H,5,12-13H2,1H3,(H,20,21). The van der Waals surface area contributed by atoms with Gasteiger partial charge in [-0.2, -0.15) is 0 Å². The van der Waals surface area contributed by atoms with E-state index in [4.69, 9.17) is 0 Å². The van der Waals surface area contributed by atoms with Crippen molar-refractivity contribution in [3.05, 3.63) is 71.3 Å². The number of carbonyl (C=O) groups is 2. The molecule has 0 radical (unpaired) electrons. The number of carbonyl (C=O) groups excluding carboxylic acids is 2. The minimum absolute atomic E-state index is 0.120. The van der Waals surface area contributed by atoms with Crippen molar-refractivity contribution in [2.24, 2.45) is 0 Å².